The lowest BCUT2D eigenvalue weighted by Gasteiger charge is -2.18. The predicted octanol–water partition coefficient (Wildman–Crippen LogP) is 6.18. The molecule has 1 aliphatic heterocycles. The van der Waals surface area contributed by atoms with Crippen LogP contribution in [-0.2, 0) is 16.4 Å². The second kappa shape index (κ2) is 12.7. The van der Waals surface area contributed by atoms with E-state index in [1.54, 1.807) is 12.1 Å². The fourth-order valence-electron chi connectivity index (χ4n) is 4.48. The van der Waals surface area contributed by atoms with E-state index in [1.807, 2.05) is 72.8 Å². The molecule has 0 fully saturated rings. The van der Waals surface area contributed by atoms with Crippen LogP contribution in [0, 0.1) is 0 Å². The lowest BCUT2D eigenvalue weighted by molar-refractivity contribution is 0.480. The number of rotatable bonds is 7. The normalized spacial score (nSPS) is 16.1. The fraction of sp³-hybridized carbons (Fsp3) is 0.129. The van der Waals surface area contributed by atoms with Crippen LogP contribution < -0.4 is 5.73 Å². The van der Waals surface area contributed by atoms with Gasteiger partial charge >= 0.3 is 0 Å². The summed E-state index contributed by atoms with van der Waals surface area (Å²) in [5, 5.41) is 7.40. The number of halogens is 2. The van der Waals surface area contributed by atoms with Crippen LogP contribution in [0.4, 0.5) is 0 Å². The zero-order chi connectivity index (χ0) is 28.8. The highest BCUT2D eigenvalue weighted by Crippen LogP contribution is 2.30. The largest absolute Gasteiger partial charge is 0.381 e. The molecular formula is C31H27Cl2N5O2S. The highest BCUT2D eigenvalue weighted by molar-refractivity contribution is 7.90. The number of hydrogen-bond donors (Lipinski definition) is 1. The van der Waals surface area contributed by atoms with Crippen LogP contribution in [0.15, 0.2) is 129 Å². The Morgan fingerprint density at radius 1 is 0.854 bits per heavy atom. The van der Waals surface area contributed by atoms with Gasteiger partial charge < -0.3 is 5.73 Å². The van der Waals surface area contributed by atoms with Gasteiger partial charge in [0.25, 0.3) is 10.0 Å². The van der Waals surface area contributed by atoms with Crippen molar-refractivity contribution in [3.8, 4) is 0 Å². The number of nitrogens with two attached hydrogens (primary N) is 1. The molecule has 2 N–H and O–H groups in total. The van der Waals surface area contributed by atoms with Crippen LogP contribution in [0.5, 0.6) is 0 Å². The molecule has 41 heavy (non-hydrogen) atoms. The summed E-state index contributed by atoms with van der Waals surface area (Å²) in [6.07, 6.45) is 0.630. The molecule has 10 heteroatoms. The van der Waals surface area contributed by atoms with Gasteiger partial charge in [0.2, 0.25) is 5.84 Å². The maximum atomic E-state index is 13.4. The van der Waals surface area contributed by atoms with Crippen LogP contribution in [0.2, 0.25) is 10.0 Å². The molecular weight excluding hydrogens is 577 g/mol. The summed E-state index contributed by atoms with van der Waals surface area (Å²) >= 11 is 12.1. The number of nitrogens with zero attached hydrogens (tertiary/aromatic N) is 4. The third-order valence-electron chi connectivity index (χ3n) is 6.57. The molecule has 0 aliphatic carbocycles. The standard InChI is InChI=1S/C31H27Cl2N5O2S/c32-25-13-11-24(12-14-25)29-28(23-9-5-2-6-10-23)21-38(36-29)31(30(34)35-20-19-22-7-3-1-4-8-22)37-41(39,40)27-17-15-26(33)16-18-27/h1-18,28H,19-21H2,(H2,34,35)/b37-31+. The number of amidine groups is 2. The summed E-state index contributed by atoms with van der Waals surface area (Å²) in [5.41, 5.74) is 10.2. The van der Waals surface area contributed by atoms with E-state index in [9.17, 15) is 8.42 Å². The third-order valence-corrected chi connectivity index (χ3v) is 8.36. The smallest absolute Gasteiger partial charge is 0.284 e. The van der Waals surface area contributed by atoms with Gasteiger partial charge in [-0.25, -0.2) is 5.01 Å². The summed E-state index contributed by atoms with van der Waals surface area (Å²) in [5.74, 6) is -0.248. The lowest BCUT2D eigenvalue weighted by Crippen LogP contribution is -2.38. The average molecular weight is 605 g/mol. The van der Waals surface area contributed by atoms with Gasteiger partial charge in [-0.15, -0.1) is 4.40 Å². The number of sulfonamides is 1. The Balaban J connectivity index is 1.56. The summed E-state index contributed by atoms with van der Waals surface area (Å²) < 4.78 is 31.0. The quantitative estimate of drug-likeness (QED) is 0.201. The first-order valence-corrected chi connectivity index (χ1v) is 15.1. The average Bonchev–Trinajstić information content (AvgIpc) is 3.43. The van der Waals surface area contributed by atoms with Gasteiger partial charge in [-0.1, -0.05) is 96.0 Å². The Bertz CT molecular complexity index is 1690. The Hall–Kier alpha value is -3.98. The van der Waals surface area contributed by atoms with E-state index in [1.165, 1.54) is 29.3 Å². The van der Waals surface area contributed by atoms with Crippen molar-refractivity contribution in [3.05, 3.63) is 136 Å². The Morgan fingerprint density at radius 3 is 2.07 bits per heavy atom. The minimum absolute atomic E-state index is 0.0165. The van der Waals surface area contributed by atoms with Crippen molar-refractivity contribution in [1.29, 1.82) is 0 Å². The molecule has 1 aliphatic rings. The van der Waals surface area contributed by atoms with E-state index in [-0.39, 0.29) is 22.5 Å². The molecule has 5 rings (SSSR count). The molecule has 4 aromatic rings. The number of hydrogen-bond acceptors (Lipinski definition) is 4. The number of aliphatic imine (C=N–C) groups is 1. The van der Waals surface area contributed by atoms with Gasteiger partial charge in [-0.2, -0.15) is 13.5 Å². The van der Waals surface area contributed by atoms with Crippen LogP contribution in [-0.4, -0.2) is 43.9 Å². The minimum Gasteiger partial charge on any atom is -0.381 e. The molecule has 0 radical (unpaired) electrons. The second-order valence-corrected chi connectivity index (χ2v) is 11.9. The van der Waals surface area contributed by atoms with Crippen molar-refractivity contribution >= 4 is 50.6 Å². The molecule has 1 unspecified atom stereocenters. The first-order chi connectivity index (χ1) is 19.8. The van der Waals surface area contributed by atoms with Crippen LogP contribution in [0.1, 0.15) is 22.6 Å². The van der Waals surface area contributed by atoms with E-state index in [4.69, 9.17) is 34.0 Å². The molecule has 4 aromatic carbocycles. The minimum atomic E-state index is -4.17. The summed E-state index contributed by atoms with van der Waals surface area (Å²) in [6.45, 7) is 0.658. The van der Waals surface area contributed by atoms with Gasteiger partial charge in [-0.3, -0.25) is 4.99 Å². The Morgan fingerprint density at radius 2 is 1.44 bits per heavy atom. The van der Waals surface area contributed by atoms with Crippen LogP contribution in [0.3, 0.4) is 0 Å². The van der Waals surface area contributed by atoms with E-state index >= 15 is 0 Å². The molecule has 0 spiro atoms. The summed E-state index contributed by atoms with van der Waals surface area (Å²) in [6, 6.07) is 32.9. The van der Waals surface area contributed by atoms with E-state index in [2.05, 4.69) is 9.39 Å². The molecule has 208 valence electrons. The third kappa shape index (κ3) is 7.03. The van der Waals surface area contributed by atoms with Gasteiger partial charge in [-0.05, 0) is 59.5 Å². The highest BCUT2D eigenvalue weighted by Gasteiger charge is 2.33. The SMILES string of the molecule is NC(=NCCc1ccccc1)/C(=N\S(=O)(=O)c1ccc(Cl)cc1)N1CC(c2ccccc2)C(c2ccc(Cl)cc2)=N1. The molecule has 1 atom stereocenters. The van der Waals surface area contributed by atoms with E-state index in [0.29, 0.717) is 29.6 Å². The van der Waals surface area contributed by atoms with Gasteiger partial charge in [0.05, 0.1) is 17.2 Å². The Kier molecular flexibility index (Phi) is 8.83. The van der Waals surface area contributed by atoms with Gasteiger partial charge in [0.15, 0.2) is 5.84 Å². The molecule has 0 bridgehead atoms. The topological polar surface area (TPSA) is 100 Å². The van der Waals surface area contributed by atoms with Gasteiger partial charge in [0, 0.05) is 22.5 Å². The van der Waals surface area contributed by atoms with Crippen molar-refractivity contribution in [1.82, 2.24) is 5.01 Å². The first-order valence-electron chi connectivity index (χ1n) is 12.9. The predicted molar refractivity (Wildman–Crippen MR) is 167 cm³/mol. The molecule has 0 aromatic heterocycles. The van der Waals surface area contributed by atoms with Gasteiger partial charge in [0.1, 0.15) is 0 Å². The zero-order valence-corrected chi connectivity index (χ0v) is 24.3. The molecule has 7 nitrogen and oxygen atoms in total. The highest BCUT2D eigenvalue weighted by atomic mass is 35.5. The zero-order valence-electron chi connectivity index (χ0n) is 21.9. The Labute approximate surface area is 249 Å². The lowest BCUT2D eigenvalue weighted by atomic mass is 9.91. The molecule has 0 saturated heterocycles. The maximum absolute atomic E-state index is 13.4. The summed E-state index contributed by atoms with van der Waals surface area (Å²) in [4.78, 5) is 4.50. The molecule has 0 saturated carbocycles. The molecule has 1 heterocycles. The van der Waals surface area contributed by atoms with Crippen molar-refractivity contribution in [2.75, 3.05) is 13.1 Å². The van der Waals surface area contributed by atoms with Crippen molar-refractivity contribution in [2.45, 2.75) is 17.2 Å². The van der Waals surface area contributed by atoms with Crippen molar-refractivity contribution < 1.29 is 8.42 Å². The van der Waals surface area contributed by atoms with Crippen LogP contribution >= 0.6 is 23.2 Å². The van der Waals surface area contributed by atoms with E-state index < -0.39 is 10.0 Å². The first kappa shape index (κ1) is 28.5. The maximum Gasteiger partial charge on any atom is 0.284 e. The van der Waals surface area contributed by atoms with Crippen LogP contribution in [0.25, 0.3) is 0 Å². The number of benzene rings is 4. The van der Waals surface area contributed by atoms with E-state index in [0.717, 1.165) is 22.4 Å². The van der Waals surface area contributed by atoms with Crippen molar-refractivity contribution in [3.63, 3.8) is 0 Å². The summed E-state index contributed by atoms with van der Waals surface area (Å²) in [7, 11) is -4.17. The molecule has 0 amide bonds. The van der Waals surface area contributed by atoms with Crippen molar-refractivity contribution in [2.24, 2.45) is 20.2 Å². The monoisotopic (exact) mass is 603 g/mol. The number of hydrazone groups is 1. The second-order valence-electron chi connectivity index (χ2n) is 9.38. The fourth-order valence-corrected chi connectivity index (χ4v) is 5.73.